The van der Waals surface area contributed by atoms with E-state index in [-0.39, 0.29) is 19.2 Å². The number of aryl methyl sites for hydroxylation is 1. The van der Waals surface area contributed by atoms with Crippen LogP contribution in [0.5, 0.6) is 11.5 Å². The minimum atomic E-state index is -0.284. The van der Waals surface area contributed by atoms with Crippen molar-refractivity contribution in [1.29, 1.82) is 0 Å². The number of halogens is 1. The number of hydrogen-bond acceptors (Lipinski definition) is 6. The lowest BCUT2D eigenvalue weighted by molar-refractivity contribution is -0.119. The zero-order valence-electron chi connectivity index (χ0n) is 15.6. The van der Waals surface area contributed by atoms with Gasteiger partial charge in [-0.3, -0.25) is 4.79 Å². The number of anilines is 1. The Morgan fingerprint density at radius 2 is 2.00 bits per heavy atom. The minimum Gasteiger partial charge on any atom is -0.455 e. The minimum absolute atomic E-state index is 0.0672. The molecule has 3 aromatic rings. The zero-order valence-corrected chi connectivity index (χ0v) is 17.2. The zero-order chi connectivity index (χ0) is 20.2. The van der Waals surface area contributed by atoms with Crippen LogP contribution in [-0.2, 0) is 4.79 Å². The number of amides is 1. The first-order valence-corrected chi connectivity index (χ1v) is 9.69. The van der Waals surface area contributed by atoms with Crippen molar-refractivity contribution in [1.82, 2.24) is 5.43 Å². The predicted octanol–water partition coefficient (Wildman–Crippen LogP) is 4.31. The molecule has 1 aliphatic rings. The standard InChI is InChI=1S/C21H18BrN3O4/c1-13-2-3-14(8-17(13)22)18-7-5-16(29-18)10-24-25-21(26)11-23-15-4-6-19-20(9-15)28-12-27-19/h2-10,23H,11-12H2,1H3,(H,25,26)/b24-10-. The van der Waals surface area contributed by atoms with E-state index in [1.807, 2.05) is 37.3 Å². The fourth-order valence-electron chi connectivity index (χ4n) is 2.72. The molecule has 1 amide bonds. The predicted molar refractivity (Wildman–Crippen MR) is 113 cm³/mol. The molecule has 0 atom stereocenters. The van der Waals surface area contributed by atoms with Gasteiger partial charge in [-0.15, -0.1) is 0 Å². The van der Waals surface area contributed by atoms with E-state index in [9.17, 15) is 4.79 Å². The Hall–Kier alpha value is -3.26. The van der Waals surface area contributed by atoms with Gasteiger partial charge >= 0.3 is 0 Å². The summed E-state index contributed by atoms with van der Waals surface area (Å²) in [6.07, 6.45) is 1.46. The van der Waals surface area contributed by atoms with E-state index in [2.05, 4.69) is 31.8 Å². The maximum Gasteiger partial charge on any atom is 0.259 e. The Labute approximate surface area is 175 Å². The lowest BCUT2D eigenvalue weighted by Crippen LogP contribution is -2.25. The molecule has 1 aromatic heterocycles. The summed E-state index contributed by atoms with van der Waals surface area (Å²) in [4.78, 5) is 12.0. The van der Waals surface area contributed by atoms with Gasteiger partial charge in [0.2, 0.25) is 6.79 Å². The van der Waals surface area contributed by atoms with Crippen LogP contribution in [0.3, 0.4) is 0 Å². The summed E-state index contributed by atoms with van der Waals surface area (Å²) < 4.78 is 17.3. The van der Waals surface area contributed by atoms with Crippen LogP contribution in [0.25, 0.3) is 11.3 Å². The summed E-state index contributed by atoms with van der Waals surface area (Å²) in [5.74, 6) is 2.33. The molecule has 4 rings (SSSR count). The number of rotatable bonds is 6. The summed E-state index contributed by atoms with van der Waals surface area (Å²) >= 11 is 3.52. The van der Waals surface area contributed by atoms with E-state index < -0.39 is 0 Å². The quantitative estimate of drug-likeness (QED) is 0.427. The van der Waals surface area contributed by atoms with Gasteiger partial charge in [-0.1, -0.05) is 28.1 Å². The molecule has 0 saturated carbocycles. The molecular weight excluding hydrogens is 438 g/mol. The third kappa shape index (κ3) is 4.60. The molecule has 2 heterocycles. The first kappa shape index (κ1) is 19.1. The molecule has 1 aliphatic heterocycles. The average Bonchev–Trinajstić information content (AvgIpc) is 3.37. The highest BCUT2D eigenvalue weighted by Crippen LogP contribution is 2.34. The number of furan rings is 1. The second kappa shape index (κ2) is 8.40. The normalized spacial score (nSPS) is 12.3. The van der Waals surface area contributed by atoms with Crippen molar-refractivity contribution < 1.29 is 18.7 Å². The summed E-state index contributed by atoms with van der Waals surface area (Å²) in [5, 5.41) is 6.95. The van der Waals surface area contributed by atoms with Crippen molar-refractivity contribution in [2.24, 2.45) is 5.10 Å². The van der Waals surface area contributed by atoms with E-state index in [0.29, 0.717) is 17.3 Å². The second-order valence-corrected chi connectivity index (χ2v) is 7.24. The number of fused-ring (bicyclic) bond motifs is 1. The van der Waals surface area contributed by atoms with Crippen LogP contribution >= 0.6 is 15.9 Å². The molecule has 0 saturated heterocycles. The van der Waals surface area contributed by atoms with Crippen molar-refractivity contribution in [3.8, 4) is 22.8 Å². The first-order chi connectivity index (χ1) is 14.1. The molecule has 29 heavy (non-hydrogen) atoms. The maximum atomic E-state index is 12.0. The van der Waals surface area contributed by atoms with Crippen molar-refractivity contribution in [2.75, 3.05) is 18.7 Å². The SMILES string of the molecule is Cc1ccc(-c2ccc(/C=N\NC(=O)CNc3ccc4c(c3)OCO4)o2)cc1Br. The molecule has 148 valence electrons. The second-order valence-electron chi connectivity index (χ2n) is 6.38. The molecule has 2 aromatic carbocycles. The molecule has 0 bridgehead atoms. The molecule has 0 aliphatic carbocycles. The maximum absolute atomic E-state index is 12.0. The van der Waals surface area contributed by atoms with Gasteiger partial charge in [0.25, 0.3) is 5.91 Å². The van der Waals surface area contributed by atoms with Gasteiger partial charge < -0.3 is 19.2 Å². The van der Waals surface area contributed by atoms with Crippen LogP contribution in [-0.4, -0.2) is 25.5 Å². The van der Waals surface area contributed by atoms with E-state index in [1.165, 1.54) is 6.21 Å². The van der Waals surface area contributed by atoms with Crippen LogP contribution in [0.2, 0.25) is 0 Å². The van der Waals surface area contributed by atoms with Crippen molar-refractivity contribution in [2.45, 2.75) is 6.92 Å². The van der Waals surface area contributed by atoms with E-state index >= 15 is 0 Å². The van der Waals surface area contributed by atoms with Gasteiger partial charge in [0.15, 0.2) is 11.5 Å². The smallest absolute Gasteiger partial charge is 0.259 e. The van der Waals surface area contributed by atoms with Gasteiger partial charge in [-0.2, -0.15) is 5.10 Å². The van der Waals surface area contributed by atoms with Crippen molar-refractivity contribution >= 4 is 33.7 Å². The monoisotopic (exact) mass is 455 g/mol. The lowest BCUT2D eigenvalue weighted by atomic mass is 10.1. The van der Waals surface area contributed by atoms with E-state index in [4.69, 9.17) is 13.9 Å². The van der Waals surface area contributed by atoms with Gasteiger partial charge in [-0.05, 0) is 42.8 Å². The highest BCUT2D eigenvalue weighted by Gasteiger charge is 2.13. The first-order valence-electron chi connectivity index (χ1n) is 8.90. The fourth-order valence-corrected chi connectivity index (χ4v) is 3.10. The Balaban J connectivity index is 1.29. The topological polar surface area (TPSA) is 85.1 Å². The molecule has 8 heteroatoms. The lowest BCUT2D eigenvalue weighted by Gasteiger charge is -2.06. The fraction of sp³-hybridized carbons (Fsp3) is 0.143. The van der Waals surface area contributed by atoms with E-state index in [1.54, 1.807) is 18.2 Å². The Morgan fingerprint density at radius 3 is 2.86 bits per heavy atom. The third-order valence-electron chi connectivity index (χ3n) is 4.29. The number of hydrazone groups is 1. The molecule has 0 radical (unpaired) electrons. The summed E-state index contributed by atoms with van der Waals surface area (Å²) in [6, 6.07) is 15.1. The summed E-state index contributed by atoms with van der Waals surface area (Å²) in [6.45, 7) is 2.31. The Morgan fingerprint density at radius 1 is 1.14 bits per heavy atom. The number of ether oxygens (including phenoxy) is 2. The summed E-state index contributed by atoms with van der Waals surface area (Å²) in [7, 11) is 0. The largest absolute Gasteiger partial charge is 0.455 e. The van der Waals surface area contributed by atoms with Crippen molar-refractivity contribution in [3.05, 3.63) is 64.3 Å². The van der Waals surface area contributed by atoms with Crippen LogP contribution in [0.15, 0.2) is 62.5 Å². The molecule has 0 spiro atoms. The van der Waals surface area contributed by atoms with E-state index in [0.717, 1.165) is 27.0 Å². The van der Waals surface area contributed by atoms with Crippen LogP contribution < -0.4 is 20.2 Å². The molecule has 0 fully saturated rings. The van der Waals surface area contributed by atoms with Gasteiger partial charge in [-0.25, -0.2) is 5.43 Å². The highest BCUT2D eigenvalue weighted by molar-refractivity contribution is 9.10. The molecule has 0 unspecified atom stereocenters. The number of carbonyl (C=O) groups is 1. The third-order valence-corrected chi connectivity index (χ3v) is 5.14. The number of hydrogen-bond donors (Lipinski definition) is 2. The number of carbonyl (C=O) groups excluding carboxylic acids is 1. The number of benzene rings is 2. The highest BCUT2D eigenvalue weighted by atomic mass is 79.9. The molecule has 2 N–H and O–H groups in total. The number of nitrogens with one attached hydrogen (secondary N) is 2. The molecular formula is C21H18BrN3O4. The number of nitrogens with zero attached hydrogens (tertiary/aromatic N) is 1. The Bertz CT molecular complexity index is 1080. The average molecular weight is 456 g/mol. The molecule has 7 nitrogen and oxygen atoms in total. The summed E-state index contributed by atoms with van der Waals surface area (Å²) in [5.41, 5.74) is 5.33. The Kier molecular flexibility index (Phi) is 5.53. The van der Waals surface area contributed by atoms with Gasteiger partial charge in [0.05, 0.1) is 12.8 Å². The van der Waals surface area contributed by atoms with Gasteiger partial charge in [0, 0.05) is 21.8 Å². The van der Waals surface area contributed by atoms with Crippen molar-refractivity contribution in [3.63, 3.8) is 0 Å². The van der Waals surface area contributed by atoms with Crippen LogP contribution in [0.1, 0.15) is 11.3 Å². The van der Waals surface area contributed by atoms with Gasteiger partial charge in [0.1, 0.15) is 11.5 Å². The van der Waals surface area contributed by atoms with Crippen LogP contribution in [0.4, 0.5) is 5.69 Å². The van der Waals surface area contributed by atoms with Crippen LogP contribution in [0, 0.1) is 6.92 Å².